The number of nitrogens with zero attached hydrogens (tertiary/aromatic N) is 4. The maximum Gasteiger partial charge on any atom is 0.263 e. The average molecular weight is 376 g/mol. The average Bonchev–Trinajstić information content (AvgIpc) is 2.56. The molecule has 1 atom stereocenters. The van der Waals surface area contributed by atoms with Gasteiger partial charge >= 0.3 is 0 Å². The van der Waals surface area contributed by atoms with Gasteiger partial charge in [0, 0.05) is 25.5 Å². The molecule has 0 saturated heterocycles. The van der Waals surface area contributed by atoms with Crippen LogP contribution in [-0.2, 0) is 17.1 Å². The van der Waals surface area contributed by atoms with Gasteiger partial charge in [0.25, 0.3) is 10.0 Å². The predicted molar refractivity (Wildman–Crippen MR) is 66.9 cm³/mol. The molecule has 0 aliphatic rings. The SMILES string of the molecule is CC(CBr)N(C)S(=O)(=O)c1c(Br)nnn1C. The lowest BCUT2D eigenvalue weighted by Gasteiger charge is -2.22. The number of halogens is 2. The summed E-state index contributed by atoms with van der Waals surface area (Å²) in [5.41, 5.74) is 0. The first-order valence-electron chi connectivity index (χ1n) is 4.41. The molecule has 92 valence electrons. The molecule has 1 aromatic rings. The van der Waals surface area contributed by atoms with Crippen molar-refractivity contribution in [2.24, 2.45) is 7.05 Å². The highest BCUT2D eigenvalue weighted by Gasteiger charge is 2.30. The Bertz CT molecular complexity index is 453. The molecular formula is C7H12Br2N4O2S. The number of aryl methyl sites for hydroxylation is 1. The van der Waals surface area contributed by atoms with Gasteiger partial charge in [0.05, 0.1) is 0 Å². The monoisotopic (exact) mass is 374 g/mol. The molecule has 9 heteroatoms. The summed E-state index contributed by atoms with van der Waals surface area (Å²) in [5.74, 6) is 0. The van der Waals surface area contributed by atoms with Crippen LogP contribution in [0.25, 0.3) is 0 Å². The molecule has 16 heavy (non-hydrogen) atoms. The van der Waals surface area contributed by atoms with Crippen LogP contribution in [0.1, 0.15) is 6.92 Å². The second-order valence-corrected chi connectivity index (χ2v) is 6.65. The van der Waals surface area contributed by atoms with Gasteiger partial charge in [-0.1, -0.05) is 21.1 Å². The zero-order chi connectivity index (χ0) is 12.5. The Morgan fingerprint density at radius 1 is 1.56 bits per heavy atom. The van der Waals surface area contributed by atoms with Gasteiger partial charge in [0.15, 0.2) is 4.60 Å². The maximum atomic E-state index is 12.2. The van der Waals surface area contributed by atoms with Gasteiger partial charge in [-0.3, -0.25) is 0 Å². The lowest BCUT2D eigenvalue weighted by Crippen LogP contribution is -2.37. The van der Waals surface area contributed by atoms with Crippen molar-refractivity contribution >= 4 is 41.9 Å². The van der Waals surface area contributed by atoms with Gasteiger partial charge in [0.2, 0.25) is 5.03 Å². The fraction of sp³-hybridized carbons (Fsp3) is 0.714. The Hall–Kier alpha value is 0.0100. The third kappa shape index (κ3) is 2.47. The van der Waals surface area contributed by atoms with E-state index < -0.39 is 10.0 Å². The van der Waals surface area contributed by atoms with Gasteiger partial charge in [-0.25, -0.2) is 13.1 Å². The first kappa shape index (κ1) is 14.1. The third-order valence-corrected chi connectivity index (χ3v) is 6.00. The van der Waals surface area contributed by atoms with E-state index in [0.29, 0.717) is 5.33 Å². The van der Waals surface area contributed by atoms with Crippen LogP contribution in [-0.4, -0.2) is 46.1 Å². The van der Waals surface area contributed by atoms with Crippen molar-refractivity contribution < 1.29 is 8.42 Å². The molecule has 1 heterocycles. The highest BCUT2D eigenvalue weighted by atomic mass is 79.9. The minimum Gasteiger partial charge on any atom is -0.235 e. The topological polar surface area (TPSA) is 68.1 Å². The van der Waals surface area contributed by atoms with E-state index in [4.69, 9.17) is 0 Å². The van der Waals surface area contributed by atoms with Gasteiger partial charge in [-0.15, -0.1) is 5.10 Å². The van der Waals surface area contributed by atoms with Crippen LogP contribution >= 0.6 is 31.9 Å². The molecule has 0 amide bonds. The fourth-order valence-electron chi connectivity index (χ4n) is 1.07. The molecule has 6 nitrogen and oxygen atoms in total. The van der Waals surface area contributed by atoms with Crippen molar-refractivity contribution in [2.75, 3.05) is 12.4 Å². The molecule has 0 saturated carbocycles. The lowest BCUT2D eigenvalue weighted by molar-refractivity contribution is 0.410. The minimum absolute atomic E-state index is 0.0581. The minimum atomic E-state index is -3.57. The molecule has 1 rings (SSSR count). The Kier molecular flexibility index (Phi) is 4.49. The van der Waals surface area contributed by atoms with E-state index in [1.165, 1.54) is 23.1 Å². The number of sulfonamides is 1. The number of hydrogen-bond acceptors (Lipinski definition) is 4. The zero-order valence-corrected chi connectivity index (χ0v) is 13.0. The summed E-state index contributed by atoms with van der Waals surface area (Å²) in [6, 6.07) is -0.146. The first-order valence-corrected chi connectivity index (χ1v) is 7.77. The van der Waals surface area contributed by atoms with Gasteiger partial charge < -0.3 is 0 Å². The molecule has 0 aliphatic carbocycles. The van der Waals surface area contributed by atoms with Crippen LogP contribution in [0.2, 0.25) is 0 Å². The van der Waals surface area contributed by atoms with E-state index >= 15 is 0 Å². The van der Waals surface area contributed by atoms with Crippen molar-refractivity contribution in [3.63, 3.8) is 0 Å². The molecule has 0 fully saturated rings. The smallest absolute Gasteiger partial charge is 0.235 e. The van der Waals surface area contributed by atoms with Gasteiger partial charge in [-0.05, 0) is 22.9 Å². The summed E-state index contributed by atoms with van der Waals surface area (Å²) in [6.45, 7) is 1.81. The summed E-state index contributed by atoms with van der Waals surface area (Å²) in [5, 5.41) is 7.93. The number of alkyl halides is 1. The molecular weight excluding hydrogens is 364 g/mol. The number of rotatable bonds is 4. The van der Waals surface area contributed by atoms with Crippen LogP contribution < -0.4 is 0 Å². The summed E-state index contributed by atoms with van der Waals surface area (Å²) < 4.78 is 27.2. The zero-order valence-electron chi connectivity index (χ0n) is 9.05. The molecule has 0 aromatic carbocycles. The summed E-state index contributed by atoms with van der Waals surface area (Å²) in [4.78, 5) is 0. The van der Waals surface area contributed by atoms with Gasteiger partial charge in [0.1, 0.15) is 0 Å². The summed E-state index contributed by atoms with van der Waals surface area (Å²) in [6.07, 6.45) is 0. The van der Waals surface area contributed by atoms with E-state index in [9.17, 15) is 8.42 Å². The van der Waals surface area contributed by atoms with Crippen molar-refractivity contribution in [3.05, 3.63) is 4.60 Å². The van der Waals surface area contributed by atoms with Crippen LogP contribution in [0, 0.1) is 0 Å². The normalized spacial score (nSPS) is 14.4. The second kappa shape index (κ2) is 5.11. The third-order valence-electron chi connectivity index (χ3n) is 2.20. The number of aromatic nitrogens is 3. The maximum absolute atomic E-state index is 12.2. The Morgan fingerprint density at radius 3 is 2.50 bits per heavy atom. The molecule has 0 spiro atoms. The van der Waals surface area contributed by atoms with Crippen LogP contribution in [0.15, 0.2) is 9.63 Å². The highest BCUT2D eigenvalue weighted by Crippen LogP contribution is 2.22. The quantitative estimate of drug-likeness (QED) is 0.735. The van der Waals surface area contributed by atoms with Crippen molar-refractivity contribution in [3.8, 4) is 0 Å². The lowest BCUT2D eigenvalue weighted by atomic mass is 10.4. The van der Waals surface area contributed by atoms with Crippen LogP contribution in [0.5, 0.6) is 0 Å². The van der Waals surface area contributed by atoms with E-state index in [1.807, 2.05) is 6.92 Å². The summed E-state index contributed by atoms with van der Waals surface area (Å²) >= 11 is 6.33. The Morgan fingerprint density at radius 2 is 2.12 bits per heavy atom. The molecule has 0 aliphatic heterocycles. The molecule has 0 bridgehead atoms. The molecule has 1 aromatic heterocycles. The van der Waals surface area contributed by atoms with E-state index in [0.717, 1.165) is 0 Å². The summed E-state index contributed by atoms with van der Waals surface area (Å²) in [7, 11) is -0.506. The van der Waals surface area contributed by atoms with Crippen molar-refractivity contribution in [2.45, 2.75) is 18.0 Å². The second-order valence-electron chi connectivity index (χ2n) is 3.33. The Balaban J connectivity index is 3.22. The van der Waals surface area contributed by atoms with Crippen LogP contribution in [0.3, 0.4) is 0 Å². The molecule has 0 N–H and O–H groups in total. The number of hydrogen-bond donors (Lipinski definition) is 0. The van der Waals surface area contributed by atoms with Crippen molar-refractivity contribution in [1.82, 2.24) is 19.3 Å². The Labute approximate surface area is 111 Å². The molecule has 0 radical (unpaired) electrons. The van der Waals surface area contributed by atoms with Crippen molar-refractivity contribution in [1.29, 1.82) is 0 Å². The van der Waals surface area contributed by atoms with Gasteiger partial charge in [-0.2, -0.15) is 4.31 Å². The standard InChI is InChI=1S/C7H12Br2N4O2S/c1-5(4-8)13(3)16(14,15)7-6(9)10-11-12(7)2/h5H,4H2,1-3H3. The van der Waals surface area contributed by atoms with E-state index in [2.05, 4.69) is 42.2 Å². The van der Waals surface area contributed by atoms with E-state index in [-0.39, 0.29) is 15.7 Å². The largest absolute Gasteiger partial charge is 0.263 e. The first-order chi connectivity index (χ1) is 7.32. The van der Waals surface area contributed by atoms with E-state index in [1.54, 1.807) is 0 Å². The fourth-order valence-corrected chi connectivity index (χ4v) is 4.08. The molecule has 1 unspecified atom stereocenters. The predicted octanol–water partition coefficient (Wildman–Crippen LogP) is 0.982. The highest BCUT2D eigenvalue weighted by molar-refractivity contribution is 9.10. The van der Waals surface area contributed by atoms with Crippen LogP contribution in [0.4, 0.5) is 0 Å².